The molecule has 1 rings (SSSR count). The third kappa shape index (κ3) is 4.05. The third-order valence-electron chi connectivity index (χ3n) is 2.01. The van der Waals surface area contributed by atoms with Gasteiger partial charge in [-0.1, -0.05) is 35.2 Å². The number of nitrogens with zero attached hydrogens (tertiary/aromatic N) is 3. The Morgan fingerprint density at radius 3 is 3.00 bits per heavy atom. The largest absolute Gasteiger partial charge is 0.316 e. The molecule has 0 spiro atoms. The topological polar surface area (TPSA) is 60.8 Å². The van der Waals surface area contributed by atoms with Gasteiger partial charge < -0.3 is 5.32 Å². The van der Waals surface area contributed by atoms with E-state index in [1.54, 1.807) is 0 Å². The van der Waals surface area contributed by atoms with Crippen LogP contribution in [0, 0.1) is 11.8 Å². The van der Waals surface area contributed by atoms with Crippen molar-refractivity contribution in [3.63, 3.8) is 0 Å². The summed E-state index contributed by atoms with van der Waals surface area (Å²) < 4.78 is 0. The molecule has 1 aromatic carbocycles. The normalized spacial score (nSPS) is 8.81. The monoisotopic (exact) mass is 214 g/mol. The summed E-state index contributed by atoms with van der Waals surface area (Å²) in [7, 11) is 1.91. The van der Waals surface area contributed by atoms with Gasteiger partial charge in [-0.05, 0) is 24.2 Å². The predicted octanol–water partition coefficient (Wildman–Crippen LogP) is 2.46. The molecule has 0 aliphatic rings. The first-order chi connectivity index (χ1) is 7.88. The van der Waals surface area contributed by atoms with Crippen LogP contribution in [0.1, 0.15) is 17.5 Å². The molecule has 0 saturated carbocycles. The number of azide groups is 1. The predicted molar refractivity (Wildman–Crippen MR) is 64.7 cm³/mol. The maximum Gasteiger partial charge on any atom is 0.0367 e. The molecular formula is C12H14N4. The fourth-order valence-electron chi connectivity index (χ4n) is 1.30. The molecule has 4 heteroatoms. The van der Waals surface area contributed by atoms with E-state index in [-0.39, 0.29) is 0 Å². The Bertz CT molecular complexity index is 436. The lowest BCUT2D eigenvalue weighted by molar-refractivity contribution is 0.816. The maximum absolute atomic E-state index is 8.10. The summed E-state index contributed by atoms with van der Waals surface area (Å²) in [6.07, 6.45) is 0.595. The van der Waals surface area contributed by atoms with Gasteiger partial charge in [-0.3, -0.25) is 0 Å². The van der Waals surface area contributed by atoms with Gasteiger partial charge in [-0.15, -0.1) is 0 Å². The van der Waals surface area contributed by atoms with Gasteiger partial charge in [-0.2, -0.15) is 0 Å². The molecule has 0 bridgehead atoms. The summed E-state index contributed by atoms with van der Waals surface area (Å²) in [6, 6.07) is 8.01. The molecule has 82 valence electrons. The molecule has 0 radical (unpaired) electrons. The van der Waals surface area contributed by atoms with Crippen LogP contribution in [-0.2, 0) is 6.54 Å². The number of hydrogen-bond acceptors (Lipinski definition) is 2. The fourth-order valence-corrected chi connectivity index (χ4v) is 1.30. The Morgan fingerprint density at radius 2 is 2.25 bits per heavy atom. The molecule has 16 heavy (non-hydrogen) atoms. The average molecular weight is 214 g/mol. The van der Waals surface area contributed by atoms with Gasteiger partial charge >= 0.3 is 0 Å². The molecule has 1 aromatic rings. The summed E-state index contributed by atoms with van der Waals surface area (Å²) in [4.78, 5) is 2.67. The highest BCUT2D eigenvalue weighted by molar-refractivity contribution is 5.41. The van der Waals surface area contributed by atoms with E-state index in [4.69, 9.17) is 5.53 Å². The fraction of sp³-hybridized carbons (Fsp3) is 0.333. The van der Waals surface area contributed by atoms with Crippen molar-refractivity contribution in [3.05, 3.63) is 45.8 Å². The van der Waals surface area contributed by atoms with E-state index in [0.717, 1.165) is 12.1 Å². The van der Waals surface area contributed by atoms with Crippen LogP contribution in [0.25, 0.3) is 10.4 Å². The SMILES string of the molecule is CNCc1ccccc1C#CCCN=[N+]=[N-]. The molecule has 0 fully saturated rings. The Hall–Kier alpha value is -1.95. The Balaban J connectivity index is 2.67. The van der Waals surface area contributed by atoms with Crippen LogP contribution in [0.2, 0.25) is 0 Å². The van der Waals surface area contributed by atoms with Crippen molar-refractivity contribution in [1.82, 2.24) is 5.32 Å². The molecule has 0 aromatic heterocycles. The highest BCUT2D eigenvalue weighted by Gasteiger charge is 1.95. The summed E-state index contributed by atoms with van der Waals surface area (Å²) in [6.45, 7) is 1.24. The second-order valence-electron chi connectivity index (χ2n) is 3.19. The van der Waals surface area contributed by atoms with Crippen molar-refractivity contribution < 1.29 is 0 Å². The second-order valence-corrected chi connectivity index (χ2v) is 3.19. The summed E-state index contributed by atoms with van der Waals surface area (Å²) in [5.74, 6) is 6.08. The lowest BCUT2D eigenvalue weighted by Gasteiger charge is -2.02. The van der Waals surface area contributed by atoms with Gasteiger partial charge in [0, 0.05) is 30.0 Å². The van der Waals surface area contributed by atoms with Crippen molar-refractivity contribution in [2.24, 2.45) is 5.11 Å². The van der Waals surface area contributed by atoms with E-state index >= 15 is 0 Å². The molecule has 0 amide bonds. The van der Waals surface area contributed by atoms with Crippen molar-refractivity contribution >= 4 is 0 Å². The van der Waals surface area contributed by atoms with Crippen LogP contribution in [-0.4, -0.2) is 13.6 Å². The molecule has 0 unspecified atom stereocenters. The molecule has 0 atom stereocenters. The Morgan fingerprint density at radius 1 is 1.44 bits per heavy atom. The van der Waals surface area contributed by atoms with E-state index in [0.29, 0.717) is 13.0 Å². The van der Waals surface area contributed by atoms with E-state index in [1.165, 1.54) is 5.56 Å². The van der Waals surface area contributed by atoms with E-state index in [1.807, 2.05) is 31.3 Å². The minimum absolute atomic E-state index is 0.428. The number of rotatable bonds is 4. The summed E-state index contributed by atoms with van der Waals surface area (Å²) in [5, 5.41) is 6.53. The standard InChI is InChI=1S/C12H14N4/c1-14-10-12-8-3-2-6-11(12)7-4-5-9-15-16-13/h2-3,6,8,14H,5,9-10H2,1H3. The summed E-state index contributed by atoms with van der Waals surface area (Å²) in [5.41, 5.74) is 10.3. The number of hydrogen-bond donors (Lipinski definition) is 1. The zero-order valence-corrected chi connectivity index (χ0v) is 9.27. The molecule has 0 saturated heterocycles. The second kappa shape index (κ2) is 7.36. The molecule has 0 aliphatic heterocycles. The number of nitrogens with one attached hydrogen (secondary N) is 1. The first kappa shape index (κ1) is 12.1. The lowest BCUT2D eigenvalue weighted by atomic mass is 10.1. The third-order valence-corrected chi connectivity index (χ3v) is 2.01. The van der Waals surface area contributed by atoms with Crippen LogP contribution < -0.4 is 5.32 Å². The highest BCUT2D eigenvalue weighted by Crippen LogP contribution is 2.06. The Labute approximate surface area is 95.3 Å². The zero-order valence-electron chi connectivity index (χ0n) is 9.27. The first-order valence-corrected chi connectivity index (χ1v) is 5.10. The molecule has 0 aliphatic carbocycles. The van der Waals surface area contributed by atoms with Crippen molar-refractivity contribution in [3.8, 4) is 11.8 Å². The van der Waals surface area contributed by atoms with E-state index in [2.05, 4.69) is 27.2 Å². The van der Waals surface area contributed by atoms with Crippen molar-refractivity contribution in [2.45, 2.75) is 13.0 Å². The van der Waals surface area contributed by atoms with Crippen LogP contribution in [0.3, 0.4) is 0 Å². The first-order valence-electron chi connectivity index (χ1n) is 5.10. The van der Waals surface area contributed by atoms with Gasteiger partial charge in [0.05, 0.1) is 0 Å². The minimum Gasteiger partial charge on any atom is -0.316 e. The van der Waals surface area contributed by atoms with Crippen molar-refractivity contribution in [2.75, 3.05) is 13.6 Å². The van der Waals surface area contributed by atoms with Crippen LogP contribution in [0.5, 0.6) is 0 Å². The van der Waals surface area contributed by atoms with Gasteiger partial charge in [0.15, 0.2) is 0 Å². The van der Waals surface area contributed by atoms with Gasteiger partial charge in [-0.25, -0.2) is 0 Å². The van der Waals surface area contributed by atoms with Crippen LogP contribution in [0.4, 0.5) is 0 Å². The highest BCUT2D eigenvalue weighted by atomic mass is 15.1. The smallest absolute Gasteiger partial charge is 0.0367 e. The van der Waals surface area contributed by atoms with Crippen LogP contribution >= 0.6 is 0 Å². The maximum atomic E-state index is 8.10. The molecule has 0 heterocycles. The number of benzene rings is 1. The summed E-state index contributed by atoms with van der Waals surface area (Å²) >= 11 is 0. The molecular weight excluding hydrogens is 200 g/mol. The van der Waals surface area contributed by atoms with Crippen LogP contribution in [0.15, 0.2) is 29.4 Å². The van der Waals surface area contributed by atoms with E-state index < -0.39 is 0 Å². The molecule has 1 N–H and O–H groups in total. The van der Waals surface area contributed by atoms with Gasteiger partial charge in [0.2, 0.25) is 0 Å². The minimum atomic E-state index is 0.428. The van der Waals surface area contributed by atoms with Crippen molar-refractivity contribution in [1.29, 1.82) is 0 Å². The zero-order chi connectivity index (χ0) is 11.6. The Kier molecular flexibility index (Phi) is 5.57. The van der Waals surface area contributed by atoms with Gasteiger partial charge in [0.1, 0.15) is 0 Å². The quantitative estimate of drug-likeness (QED) is 0.270. The van der Waals surface area contributed by atoms with E-state index in [9.17, 15) is 0 Å². The van der Waals surface area contributed by atoms with Gasteiger partial charge in [0.25, 0.3) is 0 Å². The average Bonchev–Trinajstić information content (AvgIpc) is 2.31. The molecule has 4 nitrogen and oxygen atoms in total. The lowest BCUT2D eigenvalue weighted by Crippen LogP contribution is -2.06.